The summed E-state index contributed by atoms with van der Waals surface area (Å²) in [6, 6.07) is 5.91. The minimum Gasteiger partial charge on any atom is -0.497 e. The van der Waals surface area contributed by atoms with Crippen molar-refractivity contribution in [1.82, 2.24) is 4.90 Å². The molecule has 1 saturated heterocycles. The highest BCUT2D eigenvalue weighted by Gasteiger charge is 2.30. The van der Waals surface area contributed by atoms with Gasteiger partial charge < -0.3 is 15.2 Å². The van der Waals surface area contributed by atoms with Crippen molar-refractivity contribution in [2.45, 2.75) is 31.9 Å². The van der Waals surface area contributed by atoms with Gasteiger partial charge in [0.2, 0.25) is 0 Å². The normalized spacial score (nSPS) is 24.4. The molecule has 0 bridgehead atoms. The third-order valence-corrected chi connectivity index (χ3v) is 3.86. The molecule has 1 aromatic rings. The lowest BCUT2D eigenvalue weighted by Crippen LogP contribution is -2.46. The molecule has 4 heteroatoms. The van der Waals surface area contributed by atoms with Crippen LogP contribution in [0.15, 0.2) is 18.2 Å². The molecule has 2 N–H and O–H groups in total. The van der Waals surface area contributed by atoms with Gasteiger partial charge >= 0.3 is 0 Å². The molecule has 2 rings (SSSR count). The second kappa shape index (κ2) is 5.80. The van der Waals surface area contributed by atoms with Crippen molar-refractivity contribution in [2.75, 3.05) is 33.0 Å². The minimum atomic E-state index is -0.0251. The van der Waals surface area contributed by atoms with E-state index in [-0.39, 0.29) is 5.60 Å². The molecule has 1 aliphatic heterocycles. The van der Waals surface area contributed by atoms with Crippen LogP contribution in [-0.2, 0) is 11.3 Å². The first-order chi connectivity index (χ1) is 9.04. The molecule has 0 spiro atoms. The zero-order valence-electron chi connectivity index (χ0n) is 12.1. The highest BCUT2D eigenvalue weighted by Crippen LogP contribution is 2.26. The number of hydrogen-bond donors (Lipinski definition) is 1. The fourth-order valence-electron chi connectivity index (χ4n) is 2.76. The van der Waals surface area contributed by atoms with Crippen molar-refractivity contribution in [3.05, 3.63) is 23.8 Å². The van der Waals surface area contributed by atoms with Gasteiger partial charge in [0.25, 0.3) is 0 Å². The van der Waals surface area contributed by atoms with Gasteiger partial charge in [-0.2, -0.15) is 0 Å². The van der Waals surface area contributed by atoms with E-state index >= 15 is 0 Å². The lowest BCUT2D eigenvalue weighted by molar-refractivity contribution is -0.0527. The highest BCUT2D eigenvalue weighted by atomic mass is 16.5. The monoisotopic (exact) mass is 264 g/mol. The van der Waals surface area contributed by atoms with E-state index in [0.717, 1.165) is 37.5 Å². The SMILES string of the molecule is COc1cc(N)cc(CN2CCCC(C)(OC)C2)c1. The quantitative estimate of drug-likeness (QED) is 0.848. The van der Waals surface area contributed by atoms with Crippen molar-refractivity contribution in [3.63, 3.8) is 0 Å². The summed E-state index contributed by atoms with van der Waals surface area (Å²) in [5.41, 5.74) is 7.81. The van der Waals surface area contributed by atoms with Crippen LogP contribution in [0, 0.1) is 0 Å². The highest BCUT2D eigenvalue weighted by molar-refractivity contribution is 5.47. The van der Waals surface area contributed by atoms with E-state index in [0.29, 0.717) is 0 Å². The molecule has 1 aliphatic rings. The number of benzene rings is 1. The van der Waals surface area contributed by atoms with Gasteiger partial charge in [-0.1, -0.05) is 0 Å². The second-order valence-electron chi connectivity index (χ2n) is 5.58. The van der Waals surface area contributed by atoms with Gasteiger partial charge in [0.15, 0.2) is 0 Å². The summed E-state index contributed by atoms with van der Waals surface area (Å²) in [5.74, 6) is 0.821. The number of hydrogen-bond acceptors (Lipinski definition) is 4. The molecule has 0 amide bonds. The summed E-state index contributed by atoms with van der Waals surface area (Å²) in [7, 11) is 3.47. The van der Waals surface area contributed by atoms with Crippen molar-refractivity contribution < 1.29 is 9.47 Å². The Morgan fingerprint density at radius 2 is 2.11 bits per heavy atom. The molecule has 1 heterocycles. The van der Waals surface area contributed by atoms with Gasteiger partial charge in [-0.3, -0.25) is 4.90 Å². The number of piperidine rings is 1. The molecule has 1 unspecified atom stereocenters. The van der Waals surface area contributed by atoms with E-state index in [4.69, 9.17) is 15.2 Å². The van der Waals surface area contributed by atoms with Crippen molar-refractivity contribution in [2.24, 2.45) is 0 Å². The predicted molar refractivity (Wildman–Crippen MR) is 77.3 cm³/mol. The Morgan fingerprint density at radius 3 is 2.79 bits per heavy atom. The average molecular weight is 264 g/mol. The molecule has 0 saturated carbocycles. The summed E-state index contributed by atoms with van der Waals surface area (Å²) in [6.07, 6.45) is 2.30. The van der Waals surface area contributed by atoms with Crippen molar-refractivity contribution in [1.29, 1.82) is 0 Å². The summed E-state index contributed by atoms with van der Waals surface area (Å²) in [5, 5.41) is 0. The van der Waals surface area contributed by atoms with Crippen molar-refractivity contribution >= 4 is 5.69 Å². The maximum atomic E-state index is 5.90. The smallest absolute Gasteiger partial charge is 0.121 e. The van der Waals surface area contributed by atoms with Gasteiger partial charge in [-0.05, 0) is 44.0 Å². The zero-order chi connectivity index (χ0) is 13.9. The molecule has 1 fully saturated rings. The van der Waals surface area contributed by atoms with Crippen LogP contribution in [0.3, 0.4) is 0 Å². The van der Waals surface area contributed by atoms with E-state index in [2.05, 4.69) is 17.9 Å². The van der Waals surface area contributed by atoms with Crippen LogP contribution >= 0.6 is 0 Å². The third-order valence-electron chi connectivity index (χ3n) is 3.86. The van der Waals surface area contributed by atoms with E-state index in [1.807, 2.05) is 12.1 Å². The lowest BCUT2D eigenvalue weighted by atomic mass is 9.94. The molecule has 0 aliphatic carbocycles. The van der Waals surface area contributed by atoms with E-state index < -0.39 is 0 Å². The Kier molecular flexibility index (Phi) is 4.32. The van der Waals surface area contributed by atoms with Crippen LogP contribution in [0.4, 0.5) is 5.69 Å². The van der Waals surface area contributed by atoms with Crippen LogP contribution in [0.2, 0.25) is 0 Å². The first kappa shape index (κ1) is 14.2. The number of nitrogens with two attached hydrogens (primary N) is 1. The number of anilines is 1. The minimum absolute atomic E-state index is 0.0251. The van der Waals surface area contributed by atoms with Gasteiger partial charge in [0.1, 0.15) is 5.75 Å². The van der Waals surface area contributed by atoms with Gasteiger partial charge in [-0.15, -0.1) is 0 Å². The summed E-state index contributed by atoms with van der Waals surface area (Å²) in [6.45, 7) is 5.14. The van der Waals surface area contributed by atoms with Crippen LogP contribution in [-0.4, -0.2) is 37.8 Å². The maximum absolute atomic E-state index is 5.90. The number of likely N-dealkylation sites (tertiary alicyclic amines) is 1. The molecule has 0 radical (unpaired) electrons. The third kappa shape index (κ3) is 3.61. The molecular formula is C15H24N2O2. The topological polar surface area (TPSA) is 47.7 Å². The molecule has 19 heavy (non-hydrogen) atoms. The first-order valence-electron chi connectivity index (χ1n) is 6.75. The zero-order valence-corrected chi connectivity index (χ0v) is 12.1. The largest absolute Gasteiger partial charge is 0.497 e. The summed E-state index contributed by atoms with van der Waals surface area (Å²) in [4.78, 5) is 2.42. The van der Waals surface area contributed by atoms with Crippen molar-refractivity contribution in [3.8, 4) is 5.75 Å². The van der Waals surface area contributed by atoms with Gasteiger partial charge in [0, 0.05) is 32.0 Å². The summed E-state index contributed by atoms with van der Waals surface area (Å²) < 4.78 is 10.9. The Labute approximate surface area is 115 Å². The average Bonchev–Trinajstić information content (AvgIpc) is 2.38. The summed E-state index contributed by atoms with van der Waals surface area (Å²) >= 11 is 0. The van der Waals surface area contributed by atoms with E-state index in [1.165, 1.54) is 12.0 Å². The van der Waals surface area contributed by atoms with E-state index in [9.17, 15) is 0 Å². The van der Waals surface area contributed by atoms with Crippen LogP contribution in [0.1, 0.15) is 25.3 Å². The Morgan fingerprint density at radius 1 is 1.32 bits per heavy atom. The second-order valence-corrected chi connectivity index (χ2v) is 5.58. The van der Waals surface area contributed by atoms with Crippen LogP contribution in [0.5, 0.6) is 5.75 Å². The Balaban J connectivity index is 2.06. The number of rotatable bonds is 4. The predicted octanol–water partition coefficient (Wildman–Crippen LogP) is 2.28. The van der Waals surface area contributed by atoms with Gasteiger partial charge in [-0.25, -0.2) is 0 Å². The Hall–Kier alpha value is -1.26. The fraction of sp³-hybridized carbons (Fsp3) is 0.600. The number of ether oxygens (including phenoxy) is 2. The fourth-order valence-corrected chi connectivity index (χ4v) is 2.76. The molecule has 106 valence electrons. The van der Waals surface area contributed by atoms with Gasteiger partial charge in [0.05, 0.1) is 12.7 Å². The molecular weight excluding hydrogens is 240 g/mol. The van der Waals surface area contributed by atoms with Crippen LogP contribution in [0.25, 0.3) is 0 Å². The van der Waals surface area contributed by atoms with E-state index in [1.54, 1.807) is 14.2 Å². The molecule has 0 aromatic heterocycles. The number of nitrogens with zero attached hydrogens (tertiary/aromatic N) is 1. The maximum Gasteiger partial charge on any atom is 0.121 e. The molecule has 1 atom stereocenters. The standard InChI is InChI=1S/C15H24N2O2/c1-15(19-3)5-4-6-17(11-15)10-12-7-13(16)9-14(8-12)18-2/h7-9H,4-6,10-11,16H2,1-3H3. The first-order valence-corrected chi connectivity index (χ1v) is 6.75. The molecule has 1 aromatic carbocycles. The molecule has 4 nitrogen and oxygen atoms in total. The number of methoxy groups -OCH3 is 2. The van der Waals surface area contributed by atoms with Crippen LogP contribution < -0.4 is 10.5 Å². The Bertz CT molecular complexity index is 436. The lowest BCUT2D eigenvalue weighted by Gasteiger charge is -2.39. The number of nitrogen functional groups attached to an aromatic ring is 1.